The predicted octanol–water partition coefficient (Wildman–Crippen LogP) is 3.15. The van der Waals surface area contributed by atoms with Gasteiger partial charge in [-0.05, 0) is 37.6 Å². The smallest absolute Gasteiger partial charge is 0.126 e. The topological polar surface area (TPSA) is 12.0 Å². The van der Waals surface area contributed by atoms with Gasteiger partial charge in [-0.15, -0.1) is 0 Å². The molecule has 1 nitrogen and oxygen atoms in total. The number of nitrogens with one attached hydrogen (secondary N) is 1. The van der Waals surface area contributed by atoms with Crippen molar-refractivity contribution in [2.75, 3.05) is 6.54 Å². The zero-order valence-electron chi connectivity index (χ0n) is 9.55. The van der Waals surface area contributed by atoms with Gasteiger partial charge in [-0.2, -0.15) is 0 Å². The molecule has 2 heteroatoms. The lowest BCUT2D eigenvalue weighted by atomic mass is 10.1. The van der Waals surface area contributed by atoms with Gasteiger partial charge in [-0.25, -0.2) is 4.39 Å². The van der Waals surface area contributed by atoms with Crippen molar-refractivity contribution < 1.29 is 4.39 Å². The summed E-state index contributed by atoms with van der Waals surface area (Å²) in [6, 6.07) is 5.60. The zero-order chi connectivity index (χ0) is 11.3. The molecule has 82 valence electrons. The van der Waals surface area contributed by atoms with Gasteiger partial charge in [0.05, 0.1) is 0 Å². The van der Waals surface area contributed by atoms with Crippen molar-refractivity contribution >= 4 is 6.08 Å². The van der Waals surface area contributed by atoms with Crippen LogP contribution in [0.3, 0.4) is 0 Å². The van der Waals surface area contributed by atoms with Gasteiger partial charge in [0.25, 0.3) is 0 Å². The fourth-order valence-corrected chi connectivity index (χ4v) is 1.36. The second kappa shape index (κ2) is 5.66. The zero-order valence-corrected chi connectivity index (χ0v) is 9.55. The Hall–Kier alpha value is -1.15. The minimum atomic E-state index is -0.145. The number of halogens is 1. The Bertz CT molecular complexity index is 344. The monoisotopic (exact) mass is 207 g/mol. The summed E-state index contributed by atoms with van der Waals surface area (Å²) in [6.45, 7) is 6.85. The van der Waals surface area contributed by atoms with Crippen molar-refractivity contribution in [1.82, 2.24) is 5.32 Å². The molecule has 0 fully saturated rings. The van der Waals surface area contributed by atoms with Crippen molar-refractivity contribution in [2.45, 2.75) is 26.8 Å². The molecule has 0 saturated carbocycles. The average Bonchev–Trinajstić information content (AvgIpc) is 2.20. The van der Waals surface area contributed by atoms with Crippen molar-refractivity contribution in [2.24, 2.45) is 0 Å². The van der Waals surface area contributed by atoms with Crippen LogP contribution < -0.4 is 5.32 Å². The van der Waals surface area contributed by atoms with Crippen molar-refractivity contribution in [3.63, 3.8) is 0 Å². The number of aryl methyl sites for hydroxylation is 1. The number of rotatable bonds is 4. The molecule has 1 unspecified atom stereocenters. The van der Waals surface area contributed by atoms with E-state index in [9.17, 15) is 4.39 Å². The first-order valence-corrected chi connectivity index (χ1v) is 5.31. The molecule has 0 spiro atoms. The van der Waals surface area contributed by atoms with Crippen LogP contribution in [0.5, 0.6) is 0 Å². The van der Waals surface area contributed by atoms with E-state index >= 15 is 0 Å². The maximum Gasteiger partial charge on any atom is 0.126 e. The highest BCUT2D eigenvalue weighted by Crippen LogP contribution is 2.10. The molecule has 0 radical (unpaired) electrons. The maximum absolute atomic E-state index is 13.2. The van der Waals surface area contributed by atoms with E-state index in [1.165, 1.54) is 0 Å². The lowest BCUT2D eigenvalue weighted by Crippen LogP contribution is -2.22. The van der Waals surface area contributed by atoms with E-state index in [-0.39, 0.29) is 5.82 Å². The Labute approximate surface area is 91.0 Å². The largest absolute Gasteiger partial charge is 0.311 e. The van der Waals surface area contributed by atoms with E-state index in [0.29, 0.717) is 11.6 Å². The van der Waals surface area contributed by atoms with Crippen LogP contribution in [0, 0.1) is 12.7 Å². The Morgan fingerprint density at radius 3 is 2.80 bits per heavy atom. The molecule has 0 aromatic heterocycles. The third-order valence-electron chi connectivity index (χ3n) is 2.30. The third kappa shape index (κ3) is 3.84. The highest BCUT2D eigenvalue weighted by Gasteiger charge is 1.97. The fraction of sp³-hybridized carbons (Fsp3) is 0.385. The van der Waals surface area contributed by atoms with E-state index < -0.39 is 0 Å². The molecule has 0 aliphatic rings. The van der Waals surface area contributed by atoms with Gasteiger partial charge in [0.1, 0.15) is 5.82 Å². The van der Waals surface area contributed by atoms with E-state index in [0.717, 1.165) is 12.1 Å². The highest BCUT2D eigenvalue weighted by molar-refractivity contribution is 5.50. The summed E-state index contributed by atoms with van der Waals surface area (Å²) in [5, 5.41) is 3.26. The van der Waals surface area contributed by atoms with Gasteiger partial charge in [0, 0.05) is 6.04 Å². The summed E-state index contributed by atoms with van der Waals surface area (Å²) >= 11 is 0. The first kappa shape index (κ1) is 11.9. The van der Waals surface area contributed by atoms with Gasteiger partial charge in [0.15, 0.2) is 0 Å². The molecule has 1 aromatic carbocycles. The van der Waals surface area contributed by atoms with Crippen LogP contribution in [-0.2, 0) is 0 Å². The van der Waals surface area contributed by atoms with E-state index in [2.05, 4.69) is 19.2 Å². The predicted molar refractivity (Wildman–Crippen MR) is 63.3 cm³/mol. The summed E-state index contributed by atoms with van der Waals surface area (Å²) < 4.78 is 13.2. The molecule has 0 heterocycles. The molecule has 0 aliphatic carbocycles. The number of hydrogen-bond acceptors (Lipinski definition) is 1. The lowest BCUT2D eigenvalue weighted by molar-refractivity contribution is 0.618. The molecule has 1 aromatic rings. The van der Waals surface area contributed by atoms with Gasteiger partial charge >= 0.3 is 0 Å². The van der Waals surface area contributed by atoms with Crippen molar-refractivity contribution in [1.29, 1.82) is 0 Å². The quantitative estimate of drug-likeness (QED) is 0.799. The molecule has 0 amide bonds. The number of benzene rings is 1. The summed E-state index contributed by atoms with van der Waals surface area (Å²) in [7, 11) is 0. The summed E-state index contributed by atoms with van der Waals surface area (Å²) in [5.41, 5.74) is 1.59. The van der Waals surface area contributed by atoms with Crippen molar-refractivity contribution in [3.8, 4) is 0 Å². The molecule has 0 bridgehead atoms. The van der Waals surface area contributed by atoms with Crippen LogP contribution >= 0.6 is 0 Å². The number of likely N-dealkylation sites (N-methyl/N-ethyl adjacent to an activating group) is 1. The van der Waals surface area contributed by atoms with Crippen LogP contribution in [0.1, 0.15) is 25.0 Å². The third-order valence-corrected chi connectivity index (χ3v) is 2.30. The first-order chi connectivity index (χ1) is 7.13. The van der Waals surface area contributed by atoms with Crippen LogP contribution in [0.4, 0.5) is 4.39 Å². The van der Waals surface area contributed by atoms with Gasteiger partial charge in [-0.3, -0.25) is 0 Å². The van der Waals surface area contributed by atoms with Gasteiger partial charge in [0.2, 0.25) is 0 Å². The maximum atomic E-state index is 13.2. The second-order valence-electron chi connectivity index (χ2n) is 3.71. The molecule has 0 aliphatic heterocycles. The SMILES string of the molecule is CCNC(C)/C=C/c1ccc(C)c(F)c1. The Morgan fingerprint density at radius 2 is 2.20 bits per heavy atom. The minimum absolute atomic E-state index is 0.145. The minimum Gasteiger partial charge on any atom is -0.311 e. The van der Waals surface area contributed by atoms with Gasteiger partial charge < -0.3 is 5.32 Å². The Balaban J connectivity index is 2.68. The lowest BCUT2D eigenvalue weighted by Gasteiger charge is -2.05. The molecule has 1 atom stereocenters. The molecular formula is C13H18FN. The van der Waals surface area contributed by atoms with Crippen LogP contribution in [-0.4, -0.2) is 12.6 Å². The molecule has 0 saturated heterocycles. The summed E-state index contributed by atoms with van der Waals surface area (Å²) in [5.74, 6) is -0.145. The van der Waals surface area contributed by atoms with E-state index in [4.69, 9.17) is 0 Å². The molecular weight excluding hydrogens is 189 g/mol. The van der Waals surface area contributed by atoms with Gasteiger partial charge in [-0.1, -0.05) is 31.2 Å². The average molecular weight is 207 g/mol. The number of hydrogen-bond donors (Lipinski definition) is 1. The second-order valence-corrected chi connectivity index (χ2v) is 3.71. The van der Waals surface area contributed by atoms with Crippen LogP contribution in [0.25, 0.3) is 6.08 Å². The fourth-order valence-electron chi connectivity index (χ4n) is 1.36. The standard InChI is InChI=1S/C13H18FN/c1-4-15-11(3)6-8-12-7-5-10(2)13(14)9-12/h5-9,11,15H,4H2,1-3H3/b8-6+. The summed E-state index contributed by atoms with van der Waals surface area (Å²) in [4.78, 5) is 0. The van der Waals surface area contributed by atoms with Crippen LogP contribution in [0.2, 0.25) is 0 Å². The van der Waals surface area contributed by atoms with Crippen LogP contribution in [0.15, 0.2) is 24.3 Å². The Kier molecular flexibility index (Phi) is 4.50. The highest BCUT2D eigenvalue weighted by atomic mass is 19.1. The summed E-state index contributed by atoms with van der Waals surface area (Å²) in [6.07, 6.45) is 3.98. The normalized spacial score (nSPS) is 13.3. The van der Waals surface area contributed by atoms with E-state index in [1.54, 1.807) is 19.1 Å². The van der Waals surface area contributed by atoms with Crippen molar-refractivity contribution in [3.05, 3.63) is 41.2 Å². The Morgan fingerprint density at radius 1 is 1.47 bits per heavy atom. The van der Waals surface area contributed by atoms with E-state index in [1.807, 2.05) is 18.2 Å². The molecule has 1 N–H and O–H groups in total. The molecule has 1 rings (SSSR count). The molecule has 15 heavy (non-hydrogen) atoms. The first-order valence-electron chi connectivity index (χ1n) is 5.31.